The molecule has 0 N–H and O–H groups in total. The Morgan fingerprint density at radius 3 is 2.50 bits per heavy atom. The minimum atomic E-state index is 0.0545. The molecular weight excluding hydrogens is 176 g/mol. The van der Waals surface area contributed by atoms with Crippen molar-refractivity contribution in [2.24, 2.45) is 0 Å². The summed E-state index contributed by atoms with van der Waals surface area (Å²) >= 11 is 0. The molecule has 0 bridgehead atoms. The third-order valence-electron chi connectivity index (χ3n) is 1.70. The highest BCUT2D eigenvalue weighted by Gasteiger charge is 1.91. The van der Waals surface area contributed by atoms with Crippen LogP contribution in [0.5, 0.6) is 5.75 Å². The van der Waals surface area contributed by atoms with Gasteiger partial charge >= 0.3 is 0 Å². The van der Waals surface area contributed by atoms with Crippen LogP contribution >= 0.6 is 0 Å². The summed E-state index contributed by atoms with van der Waals surface area (Å²) in [4.78, 5) is 10.7. The summed E-state index contributed by atoms with van der Waals surface area (Å²) < 4.78 is 5.30. The summed E-state index contributed by atoms with van der Waals surface area (Å²) in [6.45, 7) is 4.15. The van der Waals surface area contributed by atoms with E-state index in [1.54, 1.807) is 12.2 Å². The fourth-order valence-electron chi connectivity index (χ4n) is 1.06. The van der Waals surface area contributed by atoms with Crippen molar-refractivity contribution in [1.82, 2.24) is 0 Å². The van der Waals surface area contributed by atoms with Crippen molar-refractivity contribution in [3.8, 4) is 5.75 Å². The Balaban J connectivity index is 2.68. The molecule has 0 amide bonds. The van der Waals surface area contributed by atoms with Gasteiger partial charge in [-0.25, -0.2) is 0 Å². The Hall–Kier alpha value is -1.57. The highest BCUT2D eigenvalue weighted by atomic mass is 16.5. The van der Waals surface area contributed by atoms with E-state index in [9.17, 15) is 4.79 Å². The second-order valence-corrected chi connectivity index (χ2v) is 2.95. The number of ketones is 1. The molecule has 0 heterocycles. The summed E-state index contributed by atoms with van der Waals surface area (Å²) in [5.74, 6) is 0.909. The molecule has 0 spiro atoms. The Morgan fingerprint density at radius 2 is 2.00 bits per heavy atom. The van der Waals surface area contributed by atoms with Crippen LogP contribution < -0.4 is 4.74 Å². The number of allylic oxidation sites excluding steroid dienone is 1. The first kappa shape index (κ1) is 10.5. The zero-order chi connectivity index (χ0) is 10.4. The molecular formula is C12H14O2. The Morgan fingerprint density at radius 1 is 1.36 bits per heavy atom. The van der Waals surface area contributed by atoms with E-state index in [0.717, 1.165) is 11.3 Å². The Kier molecular flexibility index (Phi) is 3.92. The molecule has 0 fully saturated rings. The molecule has 1 rings (SSSR count). The van der Waals surface area contributed by atoms with Crippen molar-refractivity contribution in [2.45, 2.75) is 13.8 Å². The van der Waals surface area contributed by atoms with Crippen molar-refractivity contribution >= 4 is 11.9 Å². The molecule has 0 saturated carbocycles. The van der Waals surface area contributed by atoms with Crippen LogP contribution in [-0.2, 0) is 4.79 Å². The van der Waals surface area contributed by atoms with Crippen LogP contribution in [-0.4, -0.2) is 12.4 Å². The van der Waals surface area contributed by atoms with E-state index in [-0.39, 0.29) is 5.78 Å². The number of hydrogen-bond donors (Lipinski definition) is 0. The molecule has 0 aliphatic heterocycles. The van der Waals surface area contributed by atoms with E-state index in [2.05, 4.69) is 0 Å². The molecule has 0 saturated heterocycles. The Labute approximate surface area is 84.2 Å². The third kappa shape index (κ3) is 3.44. The molecule has 0 aliphatic rings. The van der Waals surface area contributed by atoms with Gasteiger partial charge < -0.3 is 4.74 Å². The minimum Gasteiger partial charge on any atom is -0.494 e. The molecule has 74 valence electrons. The third-order valence-corrected chi connectivity index (χ3v) is 1.70. The predicted octanol–water partition coefficient (Wildman–Crippen LogP) is 2.69. The minimum absolute atomic E-state index is 0.0545. The number of carbonyl (C=O) groups excluding carboxylic acids is 1. The topological polar surface area (TPSA) is 26.3 Å². The molecule has 2 nitrogen and oxygen atoms in total. The largest absolute Gasteiger partial charge is 0.494 e. The van der Waals surface area contributed by atoms with Crippen molar-refractivity contribution in [2.75, 3.05) is 6.61 Å². The first-order valence-corrected chi connectivity index (χ1v) is 4.64. The lowest BCUT2D eigenvalue weighted by atomic mass is 10.2. The monoisotopic (exact) mass is 190 g/mol. The van der Waals surface area contributed by atoms with Gasteiger partial charge in [0.2, 0.25) is 0 Å². The lowest BCUT2D eigenvalue weighted by Crippen LogP contribution is -1.90. The average molecular weight is 190 g/mol. The van der Waals surface area contributed by atoms with Gasteiger partial charge in [0.1, 0.15) is 5.75 Å². The van der Waals surface area contributed by atoms with E-state index in [0.29, 0.717) is 6.61 Å². The molecule has 2 heteroatoms. The van der Waals surface area contributed by atoms with Crippen LogP contribution in [0, 0.1) is 0 Å². The molecule has 0 unspecified atom stereocenters. The van der Waals surface area contributed by atoms with Crippen LogP contribution in [0.1, 0.15) is 19.4 Å². The summed E-state index contributed by atoms with van der Waals surface area (Å²) in [7, 11) is 0. The summed E-state index contributed by atoms with van der Waals surface area (Å²) in [5.41, 5.74) is 1.00. The fraction of sp³-hybridized carbons (Fsp3) is 0.250. The number of hydrogen-bond acceptors (Lipinski definition) is 2. The van der Waals surface area contributed by atoms with Gasteiger partial charge in [0.25, 0.3) is 0 Å². The van der Waals surface area contributed by atoms with Gasteiger partial charge in [-0.15, -0.1) is 0 Å². The maximum atomic E-state index is 10.7. The van der Waals surface area contributed by atoms with Crippen LogP contribution in [0.2, 0.25) is 0 Å². The lowest BCUT2D eigenvalue weighted by Gasteiger charge is -2.01. The van der Waals surface area contributed by atoms with Gasteiger partial charge in [0.05, 0.1) is 6.61 Å². The van der Waals surface area contributed by atoms with Crippen LogP contribution in [0.25, 0.3) is 6.08 Å². The van der Waals surface area contributed by atoms with E-state index < -0.39 is 0 Å². The molecule has 0 aliphatic carbocycles. The molecule has 1 aromatic carbocycles. The summed E-state index contributed by atoms with van der Waals surface area (Å²) in [6, 6.07) is 7.63. The van der Waals surface area contributed by atoms with Gasteiger partial charge in [-0.3, -0.25) is 4.79 Å². The maximum absolute atomic E-state index is 10.7. The molecule has 0 atom stereocenters. The normalized spacial score (nSPS) is 10.4. The first-order valence-electron chi connectivity index (χ1n) is 4.64. The van der Waals surface area contributed by atoms with Gasteiger partial charge in [0.15, 0.2) is 5.78 Å². The molecule has 1 aromatic rings. The maximum Gasteiger partial charge on any atom is 0.152 e. The highest BCUT2D eigenvalue weighted by Crippen LogP contribution is 2.12. The van der Waals surface area contributed by atoms with Crippen molar-refractivity contribution < 1.29 is 9.53 Å². The number of benzene rings is 1. The predicted molar refractivity (Wildman–Crippen MR) is 57.3 cm³/mol. The SMILES string of the molecule is CCOc1ccc(C=CC(C)=O)cc1. The summed E-state index contributed by atoms with van der Waals surface area (Å²) in [6.07, 6.45) is 3.34. The quantitative estimate of drug-likeness (QED) is 0.682. The second-order valence-electron chi connectivity index (χ2n) is 2.95. The van der Waals surface area contributed by atoms with E-state index in [4.69, 9.17) is 4.74 Å². The van der Waals surface area contributed by atoms with Gasteiger partial charge in [-0.1, -0.05) is 18.2 Å². The zero-order valence-corrected chi connectivity index (χ0v) is 8.49. The summed E-state index contributed by atoms with van der Waals surface area (Å²) in [5, 5.41) is 0. The average Bonchev–Trinajstić information content (AvgIpc) is 2.17. The smallest absolute Gasteiger partial charge is 0.152 e. The van der Waals surface area contributed by atoms with Crippen LogP contribution in [0.3, 0.4) is 0 Å². The van der Waals surface area contributed by atoms with Crippen LogP contribution in [0.15, 0.2) is 30.3 Å². The van der Waals surface area contributed by atoms with Crippen LogP contribution in [0.4, 0.5) is 0 Å². The molecule has 14 heavy (non-hydrogen) atoms. The number of rotatable bonds is 4. The molecule has 0 radical (unpaired) electrons. The van der Waals surface area contributed by atoms with E-state index in [1.165, 1.54) is 6.92 Å². The lowest BCUT2D eigenvalue weighted by molar-refractivity contribution is -0.112. The standard InChI is InChI=1S/C12H14O2/c1-3-14-12-8-6-11(7-9-12)5-4-10(2)13/h4-9H,3H2,1-2H3. The molecule has 0 aromatic heterocycles. The fourth-order valence-corrected chi connectivity index (χ4v) is 1.06. The Bertz CT molecular complexity index is 323. The van der Waals surface area contributed by atoms with E-state index in [1.807, 2.05) is 31.2 Å². The number of ether oxygens (including phenoxy) is 1. The van der Waals surface area contributed by atoms with Gasteiger partial charge in [-0.2, -0.15) is 0 Å². The zero-order valence-electron chi connectivity index (χ0n) is 8.49. The number of carbonyl (C=O) groups is 1. The van der Waals surface area contributed by atoms with Gasteiger partial charge in [-0.05, 0) is 37.6 Å². The van der Waals surface area contributed by atoms with Gasteiger partial charge in [0, 0.05) is 0 Å². The van der Waals surface area contributed by atoms with Crippen molar-refractivity contribution in [1.29, 1.82) is 0 Å². The van der Waals surface area contributed by atoms with Crippen molar-refractivity contribution in [3.05, 3.63) is 35.9 Å². The first-order chi connectivity index (χ1) is 6.72. The second kappa shape index (κ2) is 5.22. The highest BCUT2D eigenvalue weighted by molar-refractivity contribution is 5.91. The van der Waals surface area contributed by atoms with E-state index >= 15 is 0 Å². The van der Waals surface area contributed by atoms with Crippen molar-refractivity contribution in [3.63, 3.8) is 0 Å².